The van der Waals surface area contributed by atoms with Crippen molar-refractivity contribution >= 4 is 17.2 Å². The van der Waals surface area contributed by atoms with E-state index in [1.165, 1.54) is 13.3 Å². The molecule has 0 bridgehead atoms. The summed E-state index contributed by atoms with van der Waals surface area (Å²) in [4.78, 5) is 11.4. The normalized spacial score (nSPS) is 19.5. The van der Waals surface area contributed by atoms with E-state index in [9.17, 15) is 4.79 Å². The van der Waals surface area contributed by atoms with E-state index in [1.54, 1.807) is 12.1 Å². The Labute approximate surface area is 108 Å². The Kier molecular flexibility index (Phi) is 4.20. The van der Waals surface area contributed by atoms with Gasteiger partial charge in [-0.3, -0.25) is 4.79 Å². The molecule has 18 heavy (non-hydrogen) atoms. The van der Waals surface area contributed by atoms with Gasteiger partial charge in [0.25, 0.3) is 0 Å². The minimum Gasteiger partial charge on any atom is -0.398 e. The van der Waals surface area contributed by atoms with Crippen LogP contribution in [0.3, 0.4) is 0 Å². The molecule has 1 atom stereocenters. The third kappa shape index (κ3) is 3.23. The van der Waals surface area contributed by atoms with Gasteiger partial charge >= 0.3 is 0 Å². The minimum atomic E-state index is -0.00920. The topological polar surface area (TPSA) is 64.3 Å². The van der Waals surface area contributed by atoms with Crippen molar-refractivity contribution in [3.05, 3.63) is 23.8 Å². The van der Waals surface area contributed by atoms with Crippen molar-refractivity contribution in [2.75, 3.05) is 24.2 Å². The Morgan fingerprint density at radius 1 is 1.50 bits per heavy atom. The zero-order valence-corrected chi connectivity index (χ0v) is 10.7. The number of rotatable bonds is 4. The van der Waals surface area contributed by atoms with Crippen molar-refractivity contribution in [1.82, 2.24) is 0 Å². The third-order valence-corrected chi connectivity index (χ3v) is 3.24. The summed E-state index contributed by atoms with van der Waals surface area (Å²) in [6.07, 6.45) is 3.76. The lowest BCUT2D eigenvalue weighted by molar-refractivity contribution is 0.0247. The van der Waals surface area contributed by atoms with Gasteiger partial charge in [0.1, 0.15) is 0 Å². The maximum Gasteiger partial charge on any atom is 0.161 e. The molecule has 0 aliphatic carbocycles. The predicted molar refractivity (Wildman–Crippen MR) is 72.9 cm³/mol. The molecule has 98 valence electrons. The number of Topliss-reactive ketones (excluding diaryl/α,β-unsaturated/α-hetero) is 1. The number of anilines is 2. The van der Waals surface area contributed by atoms with Gasteiger partial charge < -0.3 is 15.8 Å². The van der Waals surface area contributed by atoms with E-state index in [1.807, 2.05) is 6.07 Å². The highest BCUT2D eigenvalue weighted by Crippen LogP contribution is 2.19. The summed E-state index contributed by atoms with van der Waals surface area (Å²) in [5.74, 6) is -0.00920. The number of benzene rings is 1. The van der Waals surface area contributed by atoms with E-state index in [4.69, 9.17) is 10.5 Å². The number of nitrogens with two attached hydrogens (primary N) is 1. The number of carbonyl (C=O) groups is 1. The molecule has 1 saturated heterocycles. The lowest BCUT2D eigenvalue weighted by atomic mass is 10.1. The van der Waals surface area contributed by atoms with Gasteiger partial charge in [0.05, 0.1) is 6.10 Å². The first-order valence-corrected chi connectivity index (χ1v) is 6.43. The van der Waals surface area contributed by atoms with Crippen molar-refractivity contribution in [3.8, 4) is 0 Å². The molecule has 2 rings (SSSR count). The molecule has 0 aromatic heterocycles. The lowest BCUT2D eigenvalue weighted by Gasteiger charge is -2.23. The summed E-state index contributed by atoms with van der Waals surface area (Å²) in [5.41, 5.74) is 7.78. The van der Waals surface area contributed by atoms with Crippen LogP contribution in [0.4, 0.5) is 11.4 Å². The van der Waals surface area contributed by atoms with E-state index < -0.39 is 0 Å². The molecule has 4 nitrogen and oxygen atoms in total. The molecule has 0 radical (unpaired) electrons. The number of ketones is 1. The van der Waals surface area contributed by atoms with Gasteiger partial charge in [-0.15, -0.1) is 0 Å². The van der Waals surface area contributed by atoms with Gasteiger partial charge in [-0.1, -0.05) is 0 Å². The van der Waals surface area contributed by atoms with Crippen LogP contribution in [0.25, 0.3) is 0 Å². The molecule has 1 unspecified atom stereocenters. The van der Waals surface area contributed by atoms with E-state index in [2.05, 4.69) is 5.32 Å². The van der Waals surface area contributed by atoms with Crippen molar-refractivity contribution < 1.29 is 9.53 Å². The number of hydrogen-bond donors (Lipinski definition) is 2. The second kappa shape index (κ2) is 5.87. The Hall–Kier alpha value is -1.55. The molecular weight excluding hydrogens is 228 g/mol. The van der Waals surface area contributed by atoms with Crippen LogP contribution in [-0.4, -0.2) is 25.0 Å². The van der Waals surface area contributed by atoms with Gasteiger partial charge in [0, 0.05) is 30.1 Å². The van der Waals surface area contributed by atoms with Gasteiger partial charge in [-0.25, -0.2) is 0 Å². The molecule has 1 aromatic carbocycles. The molecule has 0 saturated carbocycles. The lowest BCUT2D eigenvalue weighted by Crippen LogP contribution is -2.27. The van der Waals surface area contributed by atoms with Crippen LogP contribution in [-0.2, 0) is 4.74 Å². The SMILES string of the molecule is CC(=O)c1cc(NCC2CCCCO2)ccc1N. The quantitative estimate of drug-likeness (QED) is 0.634. The molecule has 3 N–H and O–H groups in total. The summed E-state index contributed by atoms with van der Waals surface area (Å²) >= 11 is 0. The average molecular weight is 248 g/mol. The number of nitrogens with one attached hydrogen (secondary N) is 1. The Balaban J connectivity index is 1.96. The van der Waals surface area contributed by atoms with E-state index >= 15 is 0 Å². The van der Waals surface area contributed by atoms with Gasteiger partial charge in [0.15, 0.2) is 5.78 Å². The largest absolute Gasteiger partial charge is 0.398 e. The smallest absolute Gasteiger partial charge is 0.161 e. The van der Waals surface area contributed by atoms with Crippen LogP contribution in [0.5, 0.6) is 0 Å². The van der Waals surface area contributed by atoms with Crippen LogP contribution in [0.1, 0.15) is 36.5 Å². The molecule has 1 fully saturated rings. The highest BCUT2D eigenvalue weighted by molar-refractivity contribution is 5.99. The zero-order valence-electron chi connectivity index (χ0n) is 10.7. The summed E-state index contributed by atoms with van der Waals surface area (Å²) in [6.45, 7) is 3.16. The van der Waals surface area contributed by atoms with Crippen LogP contribution in [0.15, 0.2) is 18.2 Å². The van der Waals surface area contributed by atoms with Crippen LogP contribution < -0.4 is 11.1 Å². The average Bonchev–Trinajstić information content (AvgIpc) is 2.38. The molecular formula is C14H20N2O2. The molecule has 0 amide bonds. The second-order valence-electron chi connectivity index (χ2n) is 4.73. The first kappa shape index (κ1) is 12.9. The first-order valence-electron chi connectivity index (χ1n) is 6.43. The van der Waals surface area contributed by atoms with Gasteiger partial charge in [-0.05, 0) is 44.4 Å². The van der Waals surface area contributed by atoms with Crippen molar-refractivity contribution in [2.24, 2.45) is 0 Å². The van der Waals surface area contributed by atoms with Crippen LogP contribution in [0, 0.1) is 0 Å². The van der Waals surface area contributed by atoms with Crippen LogP contribution in [0.2, 0.25) is 0 Å². The second-order valence-corrected chi connectivity index (χ2v) is 4.73. The molecule has 1 aliphatic rings. The maximum absolute atomic E-state index is 11.4. The maximum atomic E-state index is 11.4. The van der Waals surface area contributed by atoms with Gasteiger partial charge in [-0.2, -0.15) is 0 Å². The van der Waals surface area contributed by atoms with Crippen LogP contribution >= 0.6 is 0 Å². The zero-order chi connectivity index (χ0) is 13.0. The minimum absolute atomic E-state index is 0.00920. The fourth-order valence-electron chi connectivity index (χ4n) is 2.17. The van der Waals surface area contributed by atoms with E-state index in [0.29, 0.717) is 11.3 Å². The summed E-state index contributed by atoms with van der Waals surface area (Å²) in [7, 11) is 0. The number of nitrogen functional groups attached to an aromatic ring is 1. The fraction of sp³-hybridized carbons (Fsp3) is 0.500. The molecule has 4 heteroatoms. The highest BCUT2D eigenvalue weighted by atomic mass is 16.5. The molecule has 1 aromatic rings. The molecule has 1 aliphatic heterocycles. The van der Waals surface area contributed by atoms with E-state index in [0.717, 1.165) is 31.7 Å². The fourth-order valence-corrected chi connectivity index (χ4v) is 2.17. The Bertz CT molecular complexity index is 426. The predicted octanol–water partition coefficient (Wildman–Crippen LogP) is 2.45. The third-order valence-electron chi connectivity index (χ3n) is 3.24. The highest BCUT2D eigenvalue weighted by Gasteiger charge is 2.13. The van der Waals surface area contributed by atoms with E-state index in [-0.39, 0.29) is 11.9 Å². The van der Waals surface area contributed by atoms with Crippen molar-refractivity contribution in [3.63, 3.8) is 0 Å². The number of hydrogen-bond acceptors (Lipinski definition) is 4. The Morgan fingerprint density at radius 3 is 3.00 bits per heavy atom. The summed E-state index contributed by atoms with van der Waals surface area (Å²) in [5, 5.41) is 3.30. The molecule has 1 heterocycles. The van der Waals surface area contributed by atoms with Crippen molar-refractivity contribution in [2.45, 2.75) is 32.3 Å². The first-order chi connectivity index (χ1) is 8.66. The van der Waals surface area contributed by atoms with Crippen molar-refractivity contribution in [1.29, 1.82) is 0 Å². The monoisotopic (exact) mass is 248 g/mol. The van der Waals surface area contributed by atoms with Gasteiger partial charge in [0.2, 0.25) is 0 Å². The molecule has 0 spiro atoms. The standard InChI is InChI=1S/C14H20N2O2/c1-10(17)13-8-11(5-6-14(13)15)16-9-12-4-2-3-7-18-12/h5-6,8,12,16H,2-4,7,9,15H2,1H3. The summed E-state index contributed by atoms with van der Waals surface area (Å²) in [6, 6.07) is 5.46. The number of carbonyl (C=O) groups excluding carboxylic acids is 1. The summed E-state index contributed by atoms with van der Waals surface area (Å²) < 4.78 is 5.65. The number of ether oxygens (including phenoxy) is 1. The Morgan fingerprint density at radius 2 is 2.33 bits per heavy atom.